The molecule has 0 radical (unpaired) electrons. The van der Waals surface area contributed by atoms with E-state index in [0.717, 1.165) is 11.1 Å². The number of ether oxygens (including phenoxy) is 1. The van der Waals surface area contributed by atoms with Crippen molar-refractivity contribution in [3.05, 3.63) is 30.2 Å². The molecule has 0 atom stereocenters. The molecule has 0 aliphatic rings. The number of hydrogen-bond donors (Lipinski definition) is 0. The molecule has 1 aromatic heterocycles. The van der Waals surface area contributed by atoms with Crippen LogP contribution >= 0.6 is 0 Å². The minimum atomic E-state index is -0.226. The molecule has 0 saturated heterocycles. The van der Waals surface area contributed by atoms with Gasteiger partial charge in [-0.05, 0) is 24.6 Å². The summed E-state index contributed by atoms with van der Waals surface area (Å²) in [6, 6.07) is 5.48. The Morgan fingerprint density at radius 3 is 3.20 bits per heavy atom. The molecule has 78 valence electrons. The summed E-state index contributed by atoms with van der Waals surface area (Å²) in [7, 11) is 0. The molecular weight excluding hydrogens is 194 g/mol. The van der Waals surface area contributed by atoms with Gasteiger partial charge in [-0.25, -0.2) is 4.98 Å². The number of rotatable bonds is 3. The Morgan fingerprint density at radius 1 is 1.53 bits per heavy atom. The molecule has 0 fully saturated rings. The molecule has 4 nitrogen and oxygen atoms in total. The Labute approximate surface area is 86.9 Å². The van der Waals surface area contributed by atoms with E-state index in [2.05, 4.69) is 4.98 Å². The Morgan fingerprint density at radius 2 is 2.40 bits per heavy atom. The molecule has 2 aromatic rings. The Bertz CT molecular complexity index is 475. The lowest BCUT2D eigenvalue weighted by molar-refractivity contribution is -0.142. The molecule has 1 heterocycles. The Balaban J connectivity index is 2.17. The number of esters is 1. The fourth-order valence-electron chi connectivity index (χ4n) is 1.39. The third kappa shape index (κ3) is 2.15. The highest BCUT2D eigenvalue weighted by molar-refractivity contribution is 5.77. The van der Waals surface area contributed by atoms with Gasteiger partial charge in [-0.3, -0.25) is 4.79 Å². The molecule has 2 rings (SSSR count). The number of carbonyl (C=O) groups is 1. The van der Waals surface area contributed by atoms with Gasteiger partial charge < -0.3 is 9.15 Å². The number of aromatic nitrogens is 1. The van der Waals surface area contributed by atoms with E-state index in [-0.39, 0.29) is 12.4 Å². The van der Waals surface area contributed by atoms with Gasteiger partial charge in [-0.15, -0.1) is 0 Å². The van der Waals surface area contributed by atoms with Crippen molar-refractivity contribution in [2.75, 3.05) is 6.61 Å². The van der Waals surface area contributed by atoms with Gasteiger partial charge in [-0.2, -0.15) is 0 Å². The predicted molar refractivity (Wildman–Crippen MR) is 54.3 cm³/mol. The lowest BCUT2D eigenvalue weighted by Crippen LogP contribution is -2.07. The van der Waals surface area contributed by atoms with Crippen molar-refractivity contribution in [3.63, 3.8) is 0 Å². The zero-order valence-electron chi connectivity index (χ0n) is 8.40. The van der Waals surface area contributed by atoms with Crippen molar-refractivity contribution in [1.82, 2.24) is 4.98 Å². The lowest BCUT2D eigenvalue weighted by Gasteiger charge is -2.01. The van der Waals surface area contributed by atoms with Crippen LogP contribution in [-0.4, -0.2) is 17.6 Å². The zero-order valence-corrected chi connectivity index (χ0v) is 8.40. The van der Waals surface area contributed by atoms with Gasteiger partial charge in [0.1, 0.15) is 5.52 Å². The second-order valence-electron chi connectivity index (χ2n) is 3.14. The number of oxazole rings is 1. The first-order chi connectivity index (χ1) is 7.29. The second-order valence-corrected chi connectivity index (χ2v) is 3.14. The average molecular weight is 205 g/mol. The van der Waals surface area contributed by atoms with Crippen molar-refractivity contribution < 1.29 is 13.9 Å². The van der Waals surface area contributed by atoms with E-state index in [1.165, 1.54) is 6.39 Å². The molecule has 0 bridgehead atoms. The van der Waals surface area contributed by atoms with Crippen molar-refractivity contribution in [1.29, 1.82) is 0 Å². The Hall–Kier alpha value is -1.84. The third-order valence-corrected chi connectivity index (χ3v) is 2.05. The number of carbonyl (C=O) groups excluding carboxylic acids is 1. The van der Waals surface area contributed by atoms with E-state index < -0.39 is 0 Å². The summed E-state index contributed by atoms with van der Waals surface area (Å²) in [5.74, 6) is -0.226. The molecule has 0 aliphatic carbocycles. The average Bonchev–Trinajstić information content (AvgIpc) is 2.65. The molecule has 0 amide bonds. The van der Waals surface area contributed by atoms with Crippen molar-refractivity contribution in [3.8, 4) is 0 Å². The van der Waals surface area contributed by atoms with E-state index in [9.17, 15) is 4.79 Å². The topological polar surface area (TPSA) is 52.3 Å². The van der Waals surface area contributed by atoms with Crippen LogP contribution in [-0.2, 0) is 16.0 Å². The highest BCUT2D eigenvalue weighted by Gasteiger charge is 2.06. The first kappa shape index (κ1) is 9.71. The number of fused-ring (bicyclic) bond motifs is 1. The van der Waals surface area contributed by atoms with E-state index in [4.69, 9.17) is 9.15 Å². The van der Waals surface area contributed by atoms with Crippen LogP contribution in [0.25, 0.3) is 11.1 Å². The van der Waals surface area contributed by atoms with Gasteiger partial charge in [-0.1, -0.05) is 6.07 Å². The van der Waals surface area contributed by atoms with Crippen LogP contribution in [0.3, 0.4) is 0 Å². The van der Waals surface area contributed by atoms with Gasteiger partial charge in [0.05, 0.1) is 13.0 Å². The van der Waals surface area contributed by atoms with Gasteiger partial charge in [0.15, 0.2) is 12.0 Å². The molecular formula is C11H11NO3. The standard InChI is InChI=1S/C11H11NO3/c1-2-14-11(13)6-8-3-4-9-10(5-8)15-7-12-9/h3-5,7H,2,6H2,1H3. The predicted octanol–water partition coefficient (Wildman–Crippen LogP) is 1.93. The van der Waals surface area contributed by atoms with Gasteiger partial charge in [0.25, 0.3) is 0 Å². The number of nitrogens with zero attached hydrogens (tertiary/aromatic N) is 1. The van der Waals surface area contributed by atoms with Gasteiger partial charge >= 0.3 is 5.97 Å². The fourth-order valence-corrected chi connectivity index (χ4v) is 1.39. The van der Waals surface area contributed by atoms with Gasteiger partial charge in [0.2, 0.25) is 0 Å². The molecule has 0 saturated carbocycles. The largest absolute Gasteiger partial charge is 0.466 e. The summed E-state index contributed by atoms with van der Waals surface area (Å²) in [6.07, 6.45) is 1.66. The van der Waals surface area contributed by atoms with Crippen LogP contribution in [0, 0.1) is 0 Å². The molecule has 0 unspecified atom stereocenters. The quantitative estimate of drug-likeness (QED) is 0.718. The van der Waals surface area contributed by atoms with E-state index in [0.29, 0.717) is 12.2 Å². The lowest BCUT2D eigenvalue weighted by atomic mass is 10.1. The first-order valence-electron chi connectivity index (χ1n) is 4.77. The maximum Gasteiger partial charge on any atom is 0.310 e. The van der Waals surface area contributed by atoms with E-state index in [1.54, 1.807) is 13.0 Å². The molecule has 0 aliphatic heterocycles. The minimum absolute atomic E-state index is 0.226. The maximum absolute atomic E-state index is 11.2. The summed E-state index contributed by atoms with van der Waals surface area (Å²) in [6.45, 7) is 2.20. The van der Waals surface area contributed by atoms with Crippen LogP contribution in [0.15, 0.2) is 29.0 Å². The van der Waals surface area contributed by atoms with Crippen molar-refractivity contribution in [2.24, 2.45) is 0 Å². The highest BCUT2D eigenvalue weighted by Crippen LogP contribution is 2.14. The summed E-state index contributed by atoms with van der Waals surface area (Å²) in [4.78, 5) is 15.2. The molecule has 15 heavy (non-hydrogen) atoms. The van der Waals surface area contributed by atoms with Crippen molar-refractivity contribution >= 4 is 17.1 Å². The molecule has 4 heteroatoms. The monoisotopic (exact) mass is 205 g/mol. The van der Waals surface area contributed by atoms with E-state index >= 15 is 0 Å². The minimum Gasteiger partial charge on any atom is -0.466 e. The van der Waals surface area contributed by atoms with Gasteiger partial charge in [0, 0.05) is 0 Å². The molecule has 1 aromatic carbocycles. The SMILES string of the molecule is CCOC(=O)Cc1ccc2ncoc2c1. The first-order valence-corrected chi connectivity index (χ1v) is 4.77. The van der Waals surface area contributed by atoms with Crippen LogP contribution in [0.1, 0.15) is 12.5 Å². The summed E-state index contributed by atoms with van der Waals surface area (Å²) >= 11 is 0. The number of benzene rings is 1. The van der Waals surface area contributed by atoms with E-state index in [1.807, 2.05) is 12.1 Å². The van der Waals surface area contributed by atoms with Crippen LogP contribution < -0.4 is 0 Å². The van der Waals surface area contributed by atoms with Crippen LogP contribution in [0.5, 0.6) is 0 Å². The third-order valence-electron chi connectivity index (χ3n) is 2.05. The summed E-state index contributed by atoms with van der Waals surface area (Å²) in [5.41, 5.74) is 2.36. The maximum atomic E-state index is 11.2. The van der Waals surface area contributed by atoms with Crippen LogP contribution in [0.2, 0.25) is 0 Å². The summed E-state index contributed by atoms with van der Waals surface area (Å²) in [5, 5.41) is 0. The number of hydrogen-bond acceptors (Lipinski definition) is 4. The highest BCUT2D eigenvalue weighted by atomic mass is 16.5. The fraction of sp³-hybridized carbons (Fsp3) is 0.273. The zero-order chi connectivity index (χ0) is 10.7. The van der Waals surface area contributed by atoms with Crippen LogP contribution in [0.4, 0.5) is 0 Å². The normalized spacial score (nSPS) is 10.5. The smallest absolute Gasteiger partial charge is 0.310 e. The summed E-state index contributed by atoms with van der Waals surface area (Å²) < 4.78 is 9.99. The van der Waals surface area contributed by atoms with Crippen molar-refractivity contribution in [2.45, 2.75) is 13.3 Å². The Kier molecular flexibility index (Phi) is 2.67. The second kappa shape index (κ2) is 4.13. The molecule has 0 N–H and O–H groups in total. The molecule has 0 spiro atoms.